The molecule has 0 saturated carbocycles. The molecule has 9 heavy (non-hydrogen) atoms. The lowest BCUT2D eigenvalue weighted by Crippen LogP contribution is -2.38. The van der Waals surface area contributed by atoms with E-state index in [9.17, 15) is 0 Å². The van der Waals surface area contributed by atoms with E-state index >= 15 is 0 Å². The van der Waals surface area contributed by atoms with Crippen LogP contribution < -0.4 is 5.73 Å². The van der Waals surface area contributed by atoms with Gasteiger partial charge in [0.15, 0.2) is 0 Å². The fourth-order valence-electron chi connectivity index (χ4n) is 0.727. The van der Waals surface area contributed by atoms with Crippen LogP contribution in [0.4, 0.5) is 0 Å². The summed E-state index contributed by atoms with van der Waals surface area (Å²) in [7, 11) is 0. The Morgan fingerprint density at radius 1 is 1.56 bits per heavy atom. The molecule has 0 aromatic heterocycles. The summed E-state index contributed by atoms with van der Waals surface area (Å²) in [4.78, 5) is -0.380. The Balaban J connectivity index is 2.78. The Hall–Kier alpha value is -0.270. The molecule has 2 unspecified atom stereocenters. The summed E-state index contributed by atoms with van der Waals surface area (Å²) >= 11 is 5.96. The third-order valence-corrected chi connectivity index (χ3v) is 1.88. The van der Waals surface area contributed by atoms with Gasteiger partial charge in [-0.2, -0.15) is 0 Å². The van der Waals surface area contributed by atoms with Crippen LogP contribution in [0.25, 0.3) is 0 Å². The van der Waals surface area contributed by atoms with Crippen LogP contribution >= 0.6 is 11.6 Å². The van der Waals surface area contributed by atoms with Gasteiger partial charge in [0.05, 0.1) is 4.87 Å². The number of hydrogen-bond acceptors (Lipinski definition) is 1. The number of halogens is 1. The molecule has 0 radical (unpaired) electrons. The Morgan fingerprint density at radius 3 is 2.56 bits per heavy atom. The molecular formula is C7H10ClN. The number of hydrogen-bond donors (Lipinski definition) is 1. The maximum Gasteiger partial charge on any atom is 0.0787 e. The van der Waals surface area contributed by atoms with E-state index in [0.717, 1.165) is 0 Å². The molecule has 2 heteroatoms. The summed E-state index contributed by atoms with van der Waals surface area (Å²) in [6, 6.07) is -0.0517. The quantitative estimate of drug-likeness (QED) is 0.511. The lowest BCUT2D eigenvalue weighted by Gasteiger charge is -2.24. The molecule has 0 amide bonds. The molecule has 2 atom stereocenters. The maximum atomic E-state index is 5.96. The van der Waals surface area contributed by atoms with E-state index in [0.29, 0.717) is 0 Å². The topological polar surface area (TPSA) is 26.0 Å². The van der Waals surface area contributed by atoms with Gasteiger partial charge in [0.2, 0.25) is 0 Å². The van der Waals surface area contributed by atoms with E-state index in [-0.39, 0.29) is 10.9 Å². The first-order valence-electron chi connectivity index (χ1n) is 2.93. The van der Waals surface area contributed by atoms with Gasteiger partial charge in [-0.1, -0.05) is 24.3 Å². The largest absolute Gasteiger partial charge is 0.323 e. The van der Waals surface area contributed by atoms with Crippen LogP contribution in [0, 0.1) is 0 Å². The van der Waals surface area contributed by atoms with Gasteiger partial charge in [-0.15, -0.1) is 11.6 Å². The lowest BCUT2D eigenvalue weighted by atomic mass is 9.97. The SMILES string of the molecule is CC1(Cl)C=CC=CC1N. The van der Waals surface area contributed by atoms with Crippen LogP contribution in [0.2, 0.25) is 0 Å². The Bertz CT molecular complexity index is 158. The fraction of sp³-hybridized carbons (Fsp3) is 0.429. The first kappa shape index (κ1) is 6.84. The maximum absolute atomic E-state index is 5.96. The van der Waals surface area contributed by atoms with Gasteiger partial charge in [-0.05, 0) is 6.92 Å². The zero-order valence-corrected chi connectivity index (χ0v) is 6.10. The van der Waals surface area contributed by atoms with Gasteiger partial charge in [-0.25, -0.2) is 0 Å². The molecule has 0 aromatic carbocycles. The van der Waals surface area contributed by atoms with Crippen LogP contribution in [0.3, 0.4) is 0 Å². The predicted octanol–water partition coefficient (Wildman–Crippen LogP) is 1.44. The van der Waals surface area contributed by atoms with Crippen molar-refractivity contribution in [3.05, 3.63) is 24.3 Å². The van der Waals surface area contributed by atoms with Crippen LogP contribution in [0.5, 0.6) is 0 Å². The van der Waals surface area contributed by atoms with Crippen molar-refractivity contribution >= 4 is 11.6 Å². The third-order valence-electron chi connectivity index (χ3n) is 1.50. The second-order valence-corrected chi connectivity index (χ2v) is 3.24. The van der Waals surface area contributed by atoms with E-state index in [1.165, 1.54) is 0 Å². The van der Waals surface area contributed by atoms with Crippen molar-refractivity contribution in [3.63, 3.8) is 0 Å². The summed E-state index contributed by atoms with van der Waals surface area (Å²) in [5, 5.41) is 0. The average Bonchev–Trinajstić information content (AvgIpc) is 1.77. The van der Waals surface area contributed by atoms with Crippen molar-refractivity contribution in [2.24, 2.45) is 5.73 Å². The van der Waals surface area contributed by atoms with Crippen LogP contribution in [0.15, 0.2) is 24.3 Å². The number of alkyl halides is 1. The minimum Gasteiger partial charge on any atom is -0.323 e. The second kappa shape index (κ2) is 2.16. The fourth-order valence-corrected chi connectivity index (χ4v) is 0.872. The van der Waals surface area contributed by atoms with Gasteiger partial charge in [0.25, 0.3) is 0 Å². The Labute approximate surface area is 60.2 Å². The molecule has 1 aliphatic rings. The minimum absolute atomic E-state index is 0.0517. The van der Waals surface area contributed by atoms with E-state index in [4.69, 9.17) is 17.3 Å². The highest BCUT2D eigenvalue weighted by atomic mass is 35.5. The summed E-state index contributed by atoms with van der Waals surface area (Å²) < 4.78 is 0. The van der Waals surface area contributed by atoms with Gasteiger partial charge in [0, 0.05) is 6.04 Å². The smallest absolute Gasteiger partial charge is 0.0787 e. The van der Waals surface area contributed by atoms with Crippen molar-refractivity contribution in [2.75, 3.05) is 0 Å². The molecule has 1 nitrogen and oxygen atoms in total. The van der Waals surface area contributed by atoms with E-state index in [2.05, 4.69) is 0 Å². The molecular weight excluding hydrogens is 134 g/mol. The van der Waals surface area contributed by atoms with Crippen molar-refractivity contribution < 1.29 is 0 Å². The van der Waals surface area contributed by atoms with Crippen LogP contribution in [-0.2, 0) is 0 Å². The van der Waals surface area contributed by atoms with Crippen molar-refractivity contribution in [2.45, 2.75) is 17.8 Å². The first-order chi connectivity index (χ1) is 4.13. The minimum atomic E-state index is -0.380. The zero-order valence-electron chi connectivity index (χ0n) is 5.34. The number of rotatable bonds is 0. The molecule has 2 N–H and O–H groups in total. The summed E-state index contributed by atoms with van der Waals surface area (Å²) in [6.45, 7) is 1.90. The van der Waals surface area contributed by atoms with Gasteiger partial charge < -0.3 is 5.73 Å². The van der Waals surface area contributed by atoms with Crippen molar-refractivity contribution in [3.8, 4) is 0 Å². The van der Waals surface area contributed by atoms with E-state index in [1.807, 2.05) is 31.2 Å². The van der Waals surface area contributed by atoms with Gasteiger partial charge in [0.1, 0.15) is 0 Å². The first-order valence-corrected chi connectivity index (χ1v) is 3.31. The predicted molar refractivity (Wildman–Crippen MR) is 40.5 cm³/mol. The monoisotopic (exact) mass is 143 g/mol. The molecule has 0 fully saturated rings. The van der Waals surface area contributed by atoms with Crippen LogP contribution in [-0.4, -0.2) is 10.9 Å². The molecule has 0 bridgehead atoms. The Morgan fingerprint density at radius 2 is 2.22 bits per heavy atom. The standard InChI is InChI=1S/C7H10ClN/c1-7(8)5-3-2-4-6(7)9/h2-6H,9H2,1H3. The summed E-state index contributed by atoms with van der Waals surface area (Å²) in [5.74, 6) is 0. The molecule has 1 rings (SSSR count). The van der Waals surface area contributed by atoms with E-state index < -0.39 is 0 Å². The van der Waals surface area contributed by atoms with Crippen molar-refractivity contribution in [1.29, 1.82) is 0 Å². The third kappa shape index (κ3) is 1.35. The van der Waals surface area contributed by atoms with Gasteiger partial charge in [-0.3, -0.25) is 0 Å². The molecule has 0 spiro atoms. The number of allylic oxidation sites excluding steroid dienone is 2. The van der Waals surface area contributed by atoms with E-state index in [1.54, 1.807) is 0 Å². The molecule has 0 heterocycles. The second-order valence-electron chi connectivity index (χ2n) is 2.42. The normalized spacial score (nSPS) is 41.4. The molecule has 0 aliphatic heterocycles. The molecule has 0 aromatic rings. The highest BCUT2D eigenvalue weighted by Crippen LogP contribution is 2.23. The average molecular weight is 144 g/mol. The lowest BCUT2D eigenvalue weighted by molar-refractivity contribution is 0.663. The zero-order chi connectivity index (χ0) is 6.91. The summed E-state index contributed by atoms with van der Waals surface area (Å²) in [6.07, 6.45) is 7.62. The highest BCUT2D eigenvalue weighted by Gasteiger charge is 2.24. The van der Waals surface area contributed by atoms with Gasteiger partial charge >= 0.3 is 0 Å². The molecule has 50 valence electrons. The highest BCUT2D eigenvalue weighted by molar-refractivity contribution is 6.25. The molecule has 1 aliphatic carbocycles. The Kier molecular flexibility index (Phi) is 1.64. The molecule has 0 saturated heterocycles. The summed E-state index contributed by atoms with van der Waals surface area (Å²) in [5.41, 5.74) is 5.64. The van der Waals surface area contributed by atoms with Crippen molar-refractivity contribution in [1.82, 2.24) is 0 Å². The van der Waals surface area contributed by atoms with Crippen LogP contribution in [0.1, 0.15) is 6.92 Å². The number of nitrogens with two attached hydrogens (primary N) is 1.